The molecular formula is C16H19NO4. The molecule has 0 spiro atoms. The zero-order valence-corrected chi connectivity index (χ0v) is 12.4. The van der Waals surface area contributed by atoms with E-state index in [0.29, 0.717) is 22.6 Å². The van der Waals surface area contributed by atoms with E-state index in [4.69, 9.17) is 9.47 Å². The molecule has 1 N–H and O–H groups in total. The van der Waals surface area contributed by atoms with Gasteiger partial charge in [0.15, 0.2) is 0 Å². The molecule has 0 amide bonds. The number of rotatable bonds is 5. The molecule has 112 valence electrons. The third kappa shape index (κ3) is 3.25. The summed E-state index contributed by atoms with van der Waals surface area (Å²) >= 11 is 0. The highest BCUT2D eigenvalue weighted by atomic mass is 16.5. The smallest absolute Gasteiger partial charge is 0.253 e. The number of aliphatic hydroxyl groups is 1. The zero-order chi connectivity index (χ0) is 15.4. The van der Waals surface area contributed by atoms with Crippen LogP contribution in [0, 0.1) is 6.92 Å². The van der Waals surface area contributed by atoms with Gasteiger partial charge < -0.3 is 19.1 Å². The molecule has 1 unspecified atom stereocenters. The fourth-order valence-electron chi connectivity index (χ4n) is 2.19. The Balaban J connectivity index is 2.33. The van der Waals surface area contributed by atoms with Gasteiger partial charge in [-0.25, -0.2) is 0 Å². The van der Waals surface area contributed by atoms with Crippen LogP contribution in [0.3, 0.4) is 0 Å². The van der Waals surface area contributed by atoms with Crippen molar-refractivity contribution in [3.8, 4) is 11.5 Å². The molecule has 1 atom stereocenters. The Morgan fingerprint density at radius 1 is 1.24 bits per heavy atom. The molecule has 1 aromatic heterocycles. The van der Waals surface area contributed by atoms with Crippen LogP contribution in [0.25, 0.3) is 0 Å². The van der Waals surface area contributed by atoms with Gasteiger partial charge in [0.1, 0.15) is 17.6 Å². The summed E-state index contributed by atoms with van der Waals surface area (Å²) in [5, 5.41) is 10.4. The van der Waals surface area contributed by atoms with E-state index in [-0.39, 0.29) is 12.1 Å². The number of aliphatic hydroxyl groups excluding tert-OH is 1. The third-order valence-corrected chi connectivity index (χ3v) is 3.38. The molecule has 1 aromatic carbocycles. The summed E-state index contributed by atoms with van der Waals surface area (Å²) in [6.07, 6.45) is 0.792. The Bertz CT molecular complexity index is 678. The van der Waals surface area contributed by atoms with Crippen LogP contribution in [0.15, 0.2) is 41.3 Å². The molecule has 1 heterocycles. The minimum absolute atomic E-state index is 0.113. The van der Waals surface area contributed by atoms with E-state index in [0.717, 1.165) is 0 Å². The van der Waals surface area contributed by atoms with Crippen molar-refractivity contribution in [3.05, 3.63) is 58.0 Å². The van der Waals surface area contributed by atoms with E-state index in [1.807, 2.05) is 0 Å². The molecule has 5 heteroatoms. The maximum atomic E-state index is 12.0. The molecule has 0 aliphatic carbocycles. The highest BCUT2D eigenvalue weighted by Gasteiger charge is 2.16. The van der Waals surface area contributed by atoms with E-state index in [9.17, 15) is 9.90 Å². The standard InChI is InChI=1S/C16H19NO4/c1-11-5-4-8-17(16(11)19)10-14(18)13-9-12(20-2)6-7-15(13)21-3/h4-9,14,18H,10H2,1-3H3. The van der Waals surface area contributed by atoms with Crippen molar-refractivity contribution >= 4 is 0 Å². The number of aryl methyl sites for hydroxylation is 1. The minimum Gasteiger partial charge on any atom is -0.497 e. The Kier molecular flexibility index (Phi) is 4.65. The van der Waals surface area contributed by atoms with Crippen LogP contribution in [0.2, 0.25) is 0 Å². The SMILES string of the molecule is COc1ccc(OC)c(C(O)Cn2cccc(C)c2=O)c1. The van der Waals surface area contributed by atoms with Gasteiger partial charge in [0, 0.05) is 17.3 Å². The number of methoxy groups -OCH3 is 2. The fraction of sp³-hybridized carbons (Fsp3) is 0.312. The Morgan fingerprint density at radius 3 is 2.67 bits per heavy atom. The quantitative estimate of drug-likeness (QED) is 0.913. The molecule has 0 bridgehead atoms. The summed E-state index contributed by atoms with van der Waals surface area (Å²) in [7, 11) is 3.10. The highest BCUT2D eigenvalue weighted by molar-refractivity contribution is 5.41. The number of hydrogen-bond acceptors (Lipinski definition) is 4. The summed E-state index contributed by atoms with van der Waals surface area (Å²) in [4.78, 5) is 12.0. The lowest BCUT2D eigenvalue weighted by molar-refractivity contribution is 0.151. The molecule has 0 aliphatic heterocycles. The Hall–Kier alpha value is -2.27. The van der Waals surface area contributed by atoms with Crippen molar-refractivity contribution < 1.29 is 14.6 Å². The third-order valence-electron chi connectivity index (χ3n) is 3.38. The van der Waals surface area contributed by atoms with Gasteiger partial charge >= 0.3 is 0 Å². The van der Waals surface area contributed by atoms with E-state index < -0.39 is 6.10 Å². The molecular weight excluding hydrogens is 270 g/mol. The van der Waals surface area contributed by atoms with E-state index in [1.165, 1.54) is 11.7 Å². The molecule has 21 heavy (non-hydrogen) atoms. The molecule has 0 radical (unpaired) electrons. The number of ether oxygens (including phenoxy) is 2. The first kappa shape index (κ1) is 15.1. The zero-order valence-electron chi connectivity index (χ0n) is 12.4. The molecule has 0 saturated carbocycles. The molecule has 5 nitrogen and oxygen atoms in total. The second kappa shape index (κ2) is 6.45. The first-order valence-electron chi connectivity index (χ1n) is 6.63. The van der Waals surface area contributed by atoms with Crippen molar-refractivity contribution in [2.45, 2.75) is 19.6 Å². The number of hydrogen-bond donors (Lipinski definition) is 1. The maximum absolute atomic E-state index is 12.0. The second-order valence-electron chi connectivity index (χ2n) is 4.77. The van der Waals surface area contributed by atoms with E-state index in [1.54, 1.807) is 50.6 Å². The van der Waals surface area contributed by atoms with Gasteiger partial charge in [0.25, 0.3) is 5.56 Å². The van der Waals surface area contributed by atoms with Crippen molar-refractivity contribution in [1.29, 1.82) is 0 Å². The van der Waals surface area contributed by atoms with E-state index in [2.05, 4.69) is 0 Å². The molecule has 2 aromatic rings. The van der Waals surface area contributed by atoms with Crippen LogP contribution in [-0.2, 0) is 6.54 Å². The van der Waals surface area contributed by atoms with Crippen molar-refractivity contribution in [1.82, 2.24) is 4.57 Å². The fourth-order valence-corrected chi connectivity index (χ4v) is 2.19. The Labute approximate surface area is 123 Å². The lowest BCUT2D eigenvalue weighted by Crippen LogP contribution is -2.24. The largest absolute Gasteiger partial charge is 0.497 e. The number of aromatic nitrogens is 1. The monoisotopic (exact) mass is 289 g/mol. The highest BCUT2D eigenvalue weighted by Crippen LogP contribution is 2.29. The molecule has 0 aliphatic rings. The summed E-state index contributed by atoms with van der Waals surface area (Å²) in [5.74, 6) is 1.19. The van der Waals surface area contributed by atoms with Gasteiger partial charge in [0.05, 0.1) is 20.8 Å². The van der Waals surface area contributed by atoms with E-state index >= 15 is 0 Å². The van der Waals surface area contributed by atoms with Crippen LogP contribution in [0.5, 0.6) is 11.5 Å². The number of pyridine rings is 1. The molecule has 0 saturated heterocycles. The lowest BCUT2D eigenvalue weighted by Gasteiger charge is -2.17. The Morgan fingerprint density at radius 2 is 2.00 bits per heavy atom. The molecule has 2 rings (SSSR count). The maximum Gasteiger partial charge on any atom is 0.253 e. The lowest BCUT2D eigenvalue weighted by atomic mass is 10.1. The van der Waals surface area contributed by atoms with Gasteiger partial charge in [0.2, 0.25) is 0 Å². The summed E-state index contributed by atoms with van der Waals surface area (Å²) in [6, 6.07) is 8.73. The van der Waals surface area contributed by atoms with Crippen LogP contribution < -0.4 is 15.0 Å². The van der Waals surface area contributed by atoms with Crippen molar-refractivity contribution in [3.63, 3.8) is 0 Å². The van der Waals surface area contributed by atoms with Gasteiger partial charge in [-0.3, -0.25) is 4.79 Å². The predicted molar refractivity (Wildman–Crippen MR) is 79.9 cm³/mol. The van der Waals surface area contributed by atoms with Crippen LogP contribution >= 0.6 is 0 Å². The van der Waals surface area contributed by atoms with Gasteiger partial charge in [-0.2, -0.15) is 0 Å². The number of benzene rings is 1. The average molecular weight is 289 g/mol. The van der Waals surface area contributed by atoms with Crippen LogP contribution in [-0.4, -0.2) is 23.9 Å². The van der Waals surface area contributed by atoms with Crippen LogP contribution in [0.4, 0.5) is 0 Å². The van der Waals surface area contributed by atoms with Gasteiger partial charge in [-0.15, -0.1) is 0 Å². The normalized spacial score (nSPS) is 12.0. The minimum atomic E-state index is -0.866. The average Bonchev–Trinajstić information content (AvgIpc) is 2.51. The first-order valence-corrected chi connectivity index (χ1v) is 6.63. The first-order chi connectivity index (χ1) is 10.1. The topological polar surface area (TPSA) is 60.7 Å². The van der Waals surface area contributed by atoms with Crippen LogP contribution in [0.1, 0.15) is 17.2 Å². The van der Waals surface area contributed by atoms with Crippen molar-refractivity contribution in [2.75, 3.05) is 14.2 Å². The van der Waals surface area contributed by atoms with Gasteiger partial charge in [-0.05, 0) is 31.2 Å². The molecule has 0 fully saturated rings. The van der Waals surface area contributed by atoms with Crippen molar-refractivity contribution in [2.24, 2.45) is 0 Å². The summed E-state index contributed by atoms with van der Waals surface area (Å²) < 4.78 is 11.9. The summed E-state index contributed by atoms with van der Waals surface area (Å²) in [6.45, 7) is 1.90. The number of nitrogens with zero attached hydrogens (tertiary/aromatic N) is 1. The second-order valence-corrected chi connectivity index (χ2v) is 4.77. The van der Waals surface area contributed by atoms with Gasteiger partial charge in [-0.1, -0.05) is 6.07 Å². The summed E-state index contributed by atoms with van der Waals surface area (Å²) in [5.41, 5.74) is 1.12. The predicted octanol–water partition coefficient (Wildman–Crippen LogP) is 1.91.